The molecule has 10 heteroatoms. The Morgan fingerprint density at radius 2 is 1.44 bits per heavy atom. The molecule has 0 saturated heterocycles. The van der Waals surface area contributed by atoms with Crippen molar-refractivity contribution < 1.29 is 21.6 Å². The average Bonchev–Trinajstić information content (AvgIpc) is 2.77. The lowest BCUT2D eigenvalue weighted by molar-refractivity contribution is -0.116. The molecule has 0 heterocycles. The number of amides is 1. The third kappa shape index (κ3) is 7.06. The maximum absolute atomic E-state index is 12.5. The van der Waals surface area contributed by atoms with Gasteiger partial charge in [0.2, 0.25) is 15.9 Å². The molecule has 8 nitrogen and oxygen atoms in total. The standard InChI is InChI=1S/C24H27N3O5S2/c1-19-10-14-22(15-11-19)27(33(2,29)30)18-6-9-24(28)25-20-12-16-23(17-13-20)34(31,32)26-21-7-4-3-5-8-21/h3-5,7-8,10-17,26H,6,9,18H2,1-2H3,(H,25,28). The molecule has 1 amide bonds. The summed E-state index contributed by atoms with van der Waals surface area (Å²) < 4.78 is 53.1. The van der Waals surface area contributed by atoms with E-state index in [0.29, 0.717) is 23.5 Å². The summed E-state index contributed by atoms with van der Waals surface area (Å²) in [6.45, 7) is 2.08. The van der Waals surface area contributed by atoms with E-state index in [9.17, 15) is 21.6 Å². The quantitative estimate of drug-likeness (QED) is 0.436. The van der Waals surface area contributed by atoms with Crippen LogP contribution in [0.4, 0.5) is 17.1 Å². The average molecular weight is 502 g/mol. The van der Waals surface area contributed by atoms with Gasteiger partial charge >= 0.3 is 0 Å². The number of carbonyl (C=O) groups is 1. The number of sulfonamides is 2. The number of hydrogen-bond donors (Lipinski definition) is 2. The van der Waals surface area contributed by atoms with Crippen molar-refractivity contribution in [2.75, 3.05) is 27.1 Å². The first kappa shape index (κ1) is 25.3. The van der Waals surface area contributed by atoms with Crippen LogP contribution in [-0.2, 0) is 24.8 Å². The Balaban J connectivity index is 1.56. The van der Waals surface area contributed by atoms with Gasteiger partial charge in [-0.15, -0.1) is 0 Å². The summed E-state index contributed by atoms with van der Waals surface area (Å²) in [5, 5.41) is 2.71. The van der Waals surface area contributed by atoms with Crippen LogP contribution in [0.1, 0.15) is 18.4 Å². The van der Waals surface area contributed by atoms with Crippen molar-refractivity contribution in [1.29, 1.82) is 0 Å². The summed E-state index contributed by atoms with van der Waals surface area (Å²) in [6.07, 6.45) is 1.56. The number of benzene rings is 3. The molecular formula is C24H27N3O5S2. The fourth-order valence-electron chi connectivity index (χ4n) is 3.24. The van der Waals surface area contributed by atoms with Crippen LogP contribution in [0.25, 0.3) is 0 Å². The van der Waals surface area contributed by atoms with E-state index in [0.717, 1.165) is 11.8 Å². The van der Waals surface area contributed by atoms with Crippen LogP contribution in [0.3, 0.4) is 0 Å². The summed E-state index contributed by atoms with van der Waals surface area (Å²) >= 11 is 0. The lowest BCUT2D eigenvalue weighted by atomic mass is 10.2. The number of aryl methyl sites for hydroxylation is 1. The van der Waals surface area contributed by atoms with Gasteiger partial charge in [-0.3, -0.25) is 13.8 Å². The van der Waals surface area contributed by atoms with Crippen molar-refractivity contribution in [1.82, 2.24) is 0 Å². The molecule has 3 aromatic carbocycles. The van der Waals surface area contributed by atoms with Crippen molar-refractivity contribution in [3.05, 3.63) is 84.4 Å². The largest absolute Gasteiger partial charge is 0.326 e. The van der Waals surface area contributed by atoms with Crippen molar-refractivity contribution in [3.8, 4) is 0 Å². The van der Waals surface area contributed by atoms with Gasteiger partial charge in [-0.1, -0.05) is 35.9 Å². The molecule has 0 radical (unpaired) electrons. The highest BCUT2D eigenvalue weighted by molar-refractivity contribution is 7.92. The van der Waals surface area contributed by atoms with Crippen LogP contribution in [0.5, 0.6) is 0 Å². The van der Waals surface area contributed by atoms with Crippen LogP contribution in [0, 0.1) is 6.92 Å². The maximum Gasteiger partial charge on any atom is 0.261 e. The third-order valence-corrected chi connectivity index (χ3v) is 7.55. The molecule has 3 rings (SSSR count). The molecule has 0 atom stereocenters. The molecular weight excluding hydrogens is 474 g/mol. The van der Waals surface area contributed by atoms with Gasteiger partial charge in [0.05, 0.1) is 16.8 Å². The van der Waals surface area contributed by atoms with Gasteiger partial charge in [-0.25, -0.2) is 16.8 Å². The summed E-state index contributed by atoms with van der Waals surface area (Å²) in [5.41, 5.74) is 2.47. The molecule has 0 saturated carbocycles. The van der Waals surface area contributed by atoms with Gasteiger partial charge in [0.25, 0.3) is 10.0 Å². The van der Waals surface area contributed by atoms with E-state index >= 15 is 0 Å². The second-order valence-electron chi connectivity index (χ2n) is 7.82. The molecule has 0 bridgehead atoms. The smallest absolute Gasteiger partial charge is 0.261 e. The van der Waals surface area contributed by atoms with Gasteiger partial charge in [0.15, 0.2) is 0 Å². The van der Waals surface area contributed by atoms with E-state index in [-0.39, 0.29) is 23.8 Å². The van der Waals surface area contributed by atoms with Crippen molar-refractivity contribution in [2.24, 2.45) is 0 Å². The number of rotatable bonds is 10. The number of nitrogens with zero attached hydrogens (tertiary/aromatic N) is 1. The van der Waals surface area contributed by atoms with E-state index in [1.807, 2.05) is 19.1 Å². The van der Waals surface area contributed by atoms with Gasteiger partial charge in [0, 0.05) is 24.3 Å². The number of carbonyl (C=O) groups excluding carboxylic acids is 1. The summed E-state index contributed by atoms with van der Waals surface area (Å²) in [7, 11) is -7.24. The van der Waals surface area contributed by atoms with Gasteiger partial charge in [0.1, 0.15) is 0 Å². The molecule has 3 aromatic rings. The molecule has 0 spiro atoms. The first-order valence-corrected chi connectivity index (χ1v) is 13.9. The van der Waals surface area contributed by atoms with Crippen LogP contribution in [0.2, 0.25) is 0 Å². The minimum atomic E-state index is -3.75. The minimum absolute atomic E-state index is 0.0660. The Morgan fingerprint density at radius 1 is 0.824 bits per heavy atom. The monoisotopic (exact) mass is 501 g/mol. The van der Waals surface area contributed by atoms with Crippen molar-refractivity contribution in [3.63, 3.8) is 0 Å². The van der Waals surface area contributed by atoms with Crippen LogP contribution in [0.15, 0.2) is 83.8 Å². The molecule has 2 N–H and O–H groups in total. The van der Waals surface area contributed by atoms with E-state index in [2.05, 4.69) is 10.0 Å². The highest BCUT2D eigenvalue weighted by Crippen LogP contribution is 2.20. The minimum Gasteiger partial charge on any atom is -0.326 e. The van der Waals surface area contributed by atoms with Gasteiger partial charge < -0.3 is 5.32 Å². The van der Waals surface area contributed by atoms with Crippen molar-refractivity contribution in [2.45, 2.75) is 24.7 Å². The normalized spacial score (nSPS) is 11.6. The Morgan fingerprint density at radius 3 is 2.03 bits per heavy atom. The van der Waals surface area contributed by atoms with Crippen LogP contribution < -0.4 is 14.3 Å². The van der Waals surface area contributed by atoms with Crippen LogP contribution >= 0.6 is 0 Å². The molecule has 0 fully saturated rings. The van der Waals surface area contributed by atoms with Gasteiger partial charge in [-0.05, 0) is 61.9 Å². The number of hydrogen-bond acceptors (Lipinski definition) is 5. The fourth-order valence-corrected chi connectivity index (χ4v) is 5.27. The number of nitrogens with one attached hydrogen (secondary N) is 2. The topological polar surface area (TPSA) is 113 Å². The zero-order valence-electron chi connectivity index (χ0n) is 18.9. The van der Waals surface area contributed by atoms with Crippen LogP contribution in [-0.4, -0.2) is 35.5 Å². The Kier molecular flexibility index (Phi) is 7.95. The zero-order valence-corrected chi connectivity index (χ0v) is 20.6. The van der Waals surface area contributed by atoms with Gasteiger partial charge in [-0.2, -0.15) is 0 Å². The molecule has 0 aliphatic heterocycles. The predicted molar refractivity (Wildman–Crippen MR) is 135 cm³/mol. The molecule has 0 aliphatic rings. The summed E-state index contributed by atoms with van der Waals surface area (Å²) in [6, 6.07) is 21.5. The molecule has 0 aliphatic carbocycles. The maximum atomic E-state index is 12.5. The summed E-state index contributed by atoms with van der Waals surface area (Å²) in [4.78, 5) is 12.4. The lowest BCUT2D eigenvalue weighted by Gasteiger charge is -2.22. The predicted octanol–water partition coefficient (Wildman–Crippen LogP) is 3.98. The van der Waals surface area contributed by atoms with E-state index in [1.54, 1.807) is 42.5 Å². The van der Waals surface area contributed by atoms with Crippen molar-refractivity contribution >= 4 is 43.0 Å². The molecule has 34 heavy (non-hydrogen) atoms. The second-order valence-corrected chi connectivity index (χ2v) is 11.4. The SMILES string of the molecule is Cc1ccc(N(CCCC(=O)Nc2ccc(S(=O)(=O)Nc3ccccc3)cc2)S(C)(=O)=O)cc1. The molecule has 180 valence electrons. The highest BCUT2D eigenvalue weighted by Gasteiger charge is 2.18. The highest BCUT2D eigenvalue weighted by atomic mass is 32.2. The first-order chi connectivity index (χ1) is 16.0. The number of anilines is 3. The second kappa shape index (κ2) is 10.7. The first-order valence-electron chi connectivity index (χ1n) is 10.6. The van der Waals surface area contributed by atoms with E-state index in [1.165, 1.54) is 28.6 Å². The van der Waals surface area contributed by atoms with E-state index in [4.69, 9.17) is 0 Å². The van der Waals surface area contributed by atoms with E-state index < -0.39 is 20.0 Å². The molecule has 0 aromatic heterocycles. The lowest BCUT2D eigenvalue weighted by Crippen LogP contribution is -2.31. The Hall–Kier alpha value is -3.37. The fraction of sp³-hybridized carbons (Fsp3) is 0.208. The zero-order chi connectivity index (χ0) is 24.8. The number of para-hydroxylation sites is 1. The Bertz CT molecular complexity index is 1320. The Labute approximate surface area is 200 Å². The third-order valence-electron chi connectivity index (χ3n) is 4.96. The molecule has 0 unspecified atom stereocenters. The summed E-state index contributed by atoms with van der Waals surface area (Å²) in [5.74, 6) is -0.296.